The minimum Gasteiger partial charge on any atom is -0.445 e. The molecule has 0 aliphatic carbocycles. The molecule has 2 heterocycles. The van der Waals surface area contributed by atoms with Crippen LogP contribution in [-0.2, 0) is 65.7 Å². The van der Waals surface area contributed by atoms with E-state index in [1.54, 1.807) is 114 Å². The highest BCUT2D eigenvalue weighted by Gasteiger charge is 2.44. The Labute approximate surface area is 613 Å². The first-order chi connectivity index (χ1) is 49.5. The normalized spacial score (nSPS) is 16.9. The number of likely N-dealkylation sites (N-methyl/N-ethyl adjacent to an activating group) is 2. The molecule has 25 nitrogen and oxygen atoms in total. The zero-order valence-corrected chi connectivity index (χ0v) is 63.2. The summed E-state index contributed by atoms with van der Waals surface area (Å²) in [6.07, 6.45) is 4.05. The van der Waals surface area contributed by atoms with Crippen LogP contribution >= 0.6 is 0 Å². The fraction of sp³-hybridized carbons (Fsp3) is 0.544. The number of para-hydroxylation sites is 1. The quantitative estimate of drug-likeness (QED) is 0.0196. The van der Waals surface area contributed by atoms with Crippen molar-refractivity contribution in [2.75, 3.05) is 51.6 Å². The Morgan fingerprint density at radius 1 is 0.654 bits per heavy atom. The summed E-state index contributed by atoms with van der Waals surface area (Å²) >= 11 is 0. The lowest BCUT2D eigenvalue weighted by Crippen LogP contribution is -2.60. The van der Waals surface area contributed by atoms with E-state index >= 15 is 0 Å². The van der Waals surface area contributed by atoms with Gasteiger partial charge in [0.25, 0.3) is 0 Å². The monoisotopic (exact) mass is 1440 g/mol. The van der Waals surface area contributed by atoms with E-state index in [2.05, 4.69) is 38.0 Å². The van der Waals surface area contributed by atoms with E-state index < -0.39 is 120 Å². The summed E-state index contributed by atoms with van der Waals surface area (Å²) < 4.78 is 17.8. The van der Waals surface area contributed by atoms with Crippen molar-refractivity contribution in [2.24, 2.45) is 35.3 Å². The maximum absolute atomic E-state index is 14.9. The number of hydrogen-bond acceptors (Lipinski definition) is 14. The highest BCUT2D eigenvalue weighted by Crippen LogP contribution is 2.33. The van der Waals surface area contributed by atoms with Crippen LogP contribution in [0.3, 0.4) is 0 Å². The average Bonchev–Trinajstić information content (AvgIpc) is 1.14. The SMILES string of the molecule is CC[C@H](C)[C@@H]([C@@H](CC(=O)N1CCC[C@H]1[C@H](OC)[C@@H](C)C(=O)N[C@H](C)[C@@H](O)c1ccccc1)OC)N(C)C(=O)[C@@H](NC(=O)[C@H](C(C)C)N(C)C(=O)OCc1ccc(NC(=O)[C@H](CCCNC(N)=O)NC(=O)[C@@H](NC(=O)CCCCC(=O)N2Cc3ccccc3/C=C\c3ccccc32)C(C)C)cc1)C(C)C. The summed E-state index contributed by atoms with van der Waals surface area (Å²) in [5.74, 6) is -5.34. The van der Waals surface area contributed by atoms with E-state index in [0.29, 0.717) is 62.0 Å². The molecule has 2 aliphatic rings. The molecule has 0 unspecified atom stereocenters. The maximum Gasteiger partial charge on any atom is 0.410 e. The second-order valence-electron chi connectivity index (χ2n) is 28.6. The van der Waals surface area contributed by atoms with Gasteiger partial charge in [0.1, 0.15) is 30.8 Å². The molecule has 0 saturated carbocycles. The first-order valence-electron chi connectivity index (χ1n) is 36.5. The van der Waals surface area contributed by atoms with Crippen molar-refractivity contribution in [1.82, 2.24) is 41.3 Å². The third kappa shape index (κ3) is 23.4. The topological polar surface area (TPSA) is 330 Å². The van der Waals surface area contributed by atoms with Crippen molar-refractivity contribution < 1.29 is 67.3 Å². The van der Waals surface area contributed by atoms with Gasteiger partial charge in [-0.05, 0) is 115 Å². The predicted octanol–water partition coefficient (Wildman–Crippen LogP) is 8.87. The second kappa shape index (κ2) is 40.7. The molecule has 12 atom stereocenters. The summed E-state index contributed by atoms with van der Waals surface area (Å²) in [5, 5.41) is 27.8. The number of anilines is 2. The molecule has 0 radical (unpaired) electrons. The van der Waals surface area contributed by atoms with E-state index in [9.17, 15) is 53.1 Å². The van der Waals surface area contributed by atoms with Crippen LogP contribution in [-0.4, -0.2) is 175 Å². The minimum atomic E-state index is -1.12. The Morgan fingerprint density at radius 2 is 1.29 bits per heavy atom. The molecule has 6 rings (SSSR count). The maximum atomic E-state index is 14.9. The predicted molar refractivity (Wildman–Crippen MR) is 401 cm³/mol. The van der Waals surface area contributed by atoms with Crippen molar-refractivity contribution in [3.8, 4) is 0 Å². The number of likely N-dealkylation sites (tertiary alicyclic amines) is 1. The van der Waals surface area contributed by atoms with Crippen molar-refractivity contribution in [3.05, 3.63) is 131 Å². The molecule has 0 aromatic heterocycles. The van der Waals surface area contributed by atoms with Crippen LogP contribution in [0.25, 0.3) is 12.2 Å². The second-order valence-corrected chi connectivity index (χ2v) is 28.6. The Balaban J connectivity index is 1.02. The number of nitrogens with zero attached hydrogens (tertiary/aromatic N) is 4. The van der Waals surface area contributed by atoms with Gasteiger partial charge in [0.2, 0.25) is 47.3 Å². The van der Waals surface area contributed by atoms with Crippen molar-refractivity contribution in [1.29, 1.82) is 0 Å². The number of rotatable bonds is 37. The molecule has 9 N–H and O–H groups in total. The van der Waals surface area contributed by atoms with Gasteiger partial charge in [-0.3, -0.25) is 43.3 Å². The third-order valence-electron chi connectivity index (χ3n) is 19.9. The number of unbranched alkanes of at least 4 members (excludes halogenated alkanes) is 1. The summed E-state index contributed by atoms with van der Waals surface area (Å²) in [6.45, 7) is 18.8. The van der Waals surface area contributed by atoms with Crippen LogP contribution in [0, 0.1) is 29.6 Å². The number of carbonyl (C=O) groups is 10. The number of aliphatic hydroxyl groups excluding tert-OH is 1. The number of methoxy groups -OCH3 is 2. The van der Waals surface area contributed by atoms with Gasteiger partial charge in [-0.2, -0.15) is 0 Å². The largest absolute Gasteiger partial charge is 0.445 e. The van der Waals surface area contributed by atoms with Crippen LogP contribution in [0.15, 0.2) is 103 Å². The lowest BCUT2D eigenvalue weighted by atomic mass is 9.89. The number of hydrogen-bond donors (Lipinski definition) is 8. The van der Waals surface area contributed by atoms with Crippen LogP contribution < -0.4 is 42.5 Å². The molecule has 4 aromatic carbocycles. The zero-order chi connectivity index (χ0) is 76.5. The van der Waals surface area contributed by atoms with Crippen LogP contribution in [0.1, 0.15) is 167 Å². The Hall–Kier alpha value is -9.20. The first kappa shape index (κ1) is 83.7. The zero-order valence-electron chi connectivity index (χ0n) is 63.2. The van der Waals surface area contributed by atoms with Crippen molar-refractivity contribution in [3.63, 3.8) is 0 Å². The molecule has 4 aromatic rings. The lowest BCUT2D eigenvalue weighted by molar-refractivity contribution is -0.148. The van der Waals surface area contributed by atoms with Gasteiger partial charge in [0.05, 0.1) is 61.0 Å². The standard InChI is InChI=1S/C79H113N11O14/c1-15-51(8)70(63(102-13)45-66(93)89-44-26-34-62(89)72(103-14)52(9)73(95)82-53(10)71(94)57-29-17-16-18-30-57)87(11)77(99)68(49(4)5)86-76(98)69(50(6)7)88(12)79(101)104-47-54-37-41-59(42-38-54)83-74(96)60(32-25-43-81-78(80)100)84-75(97)67(48(2)3)85-64(91)35-23-24-36-65(92)90-46-58-31-20-19-27-55(58)39-40-56-28-21-22-33-61(56)90/h16-22,27-31,33,37-42,48-53,60,62-63,67-72,94H,15,23-26,32,34-36,43-47H2,1-14H3,(H,82,95)(H,83,96)(H,84,97)(H,85,91)(H,86,98)(H3,80,81,100)/b40-39-/t51-,52+,53+,60-,62-,63+,67-,68-,69-,70-,71+,72+/m0/s1. The van der Waals surface area contributed by atoms with Gasteiger partial charge < -0.3 is 71.7 Å². The Bertz CT molecular complexity index is 3550. The molecule has 11 amide bonds. The summed E-state index contributed by atoms with van der Waals surface area (Å²) in [7, 11) is 6.10. The number of carbonyl (C=O) groups excluding carboxylic acids is 10. The number of nitrogens with one attached hydrogen (secondary N) is 6. The summed E-state index contributed by atoms with van der Waals surface area (Å²) in [4.78, 5) is 144. The van der Waals surface area contributed by atoms with Gasteiger partial charge in [-0.1, -0.05) is 166 Å². The number of primary amides is 1. The lowest BCUT2D eigenvalue weighted by Gasteiger charge is -2.41. The molecule has 0 spiro atoms. The summed E-state index contributed by atoms with van der Waals surface area (Å²) in [5.41, 5.74) is 10.6. The fourth-order valence-electron chi connectivity index (χ4n) is 13.7. The first-order valence-corrected chi connectivity index (χ1v) is 36.5. The molecule has 104 heavy (non-hydrogen) atoms. The smallest absolute Gasteiger partial charge is 0.410 e. The number of nitrogens with two attached hydrogens (primary N) is 1. The van der Waals surface area contributed by atoms with Crippen molar-refractivity contribution in [2.45, 2.75) is 207 Å². The molecular formula is C79H113N11O14. The van der Waals surface area contributed by atoms with Gasteiger partial charge in [-0.15, -0.1) is 0 Å². The molecule has 2 aliphatic heterocycles. The van der Waals surface area contributed by atoms with Crippen molar-refractivity contribution >= 4 is 82.9 Å². The minimum absolute atomic E-state index is 0.0534. The number of fused-ring (bicyclic) bond motifs is 2. The number of urea groups is 1. The summed E-state index contributed by atoms with van der Waals surface area (Å²) in [6, 6.07) is 24.4. The molecule has 1 saturated heterocycles. The average molecular weight is 1440 g/mol. The van der Waals surface area contributed by atoms with E-state index in [1.807, 2.05) is 86.7 Å². The highest BCUT2D eigenvalue weighted by molar-refractivity contribution is 5.99. The van der Waals surface area contributed by atoms with Crippen LogP contribution in [0.2, 0.25) is 0 Å². The van der Waals surface area contributed by atoms with Gasteiger partial charge in [0.15, 0.2) is 0 Å². The van der Waals surface area contributed by atoms with Crippen LogP contribution in [0.5, 0.6) is 0 Å². The fourth-order valence-corrected chi connectivity index (χ4v) is 13.7. The van der Waals surface area contributed by atoms with Crippen LogP contribution in [0.4, 0.5) is 21.0 Å². The number of ether oxygens (including phenoxy) is 3. The molecule has 25 heteroatoms. The van der Waals surface area contributed by atoms with E-state index in [0.717, 1.165) is 22.4 Å². The molecular weight excluding hydrogens is 1330 g/mol. The van der Waals surface area contributed by atoms with E-state index in [1.165, 1.54) is 26.2 Å². The third-order valence-corrected chi connectivity index (χ3v) is 19.9. The van der Waals surface area contributed by atoms with Gasteiger partial charge >= 0.3 is 12.1 Å². The Morgan fingerprint density at radius 3 is 1.92 bits per heavy atom. The molecule has 568 valence electrons. The number of aliphatic hydroxyl groups is 1. The van der Waals surface area contributed by atoms with Gasteiger partial charge in [0, 0.05) is 59.9 Å². The van der Waals surface area contributed by atoms with E-state index in [4.69, 9.17) is 19.9 Å². The molecule has 0 bridgehead atoms. The van der Waals surface area contributed by atoms with Gasteiger partial charge in [-0.25, -0.2) is 9.59 Å². The van der Waals surface area contributed by atoms with E-state index in [-0.39, 0.29) is 74.8 Å². The number of amides is 11. The Kier molecular flexibility index (Phi) is 32.8. The highest BCUT2D eigenvalue weighted by atomic mass is 16.6. The number of benzene rings is 4. The molecule has 1 fully saturated rings.